The number of benzene rings is 3. The fourth-order valence-corrected chi connectivity index (χ4v) is 8.47. The van der Waals surface area contributed by atoms with Gasteiger partial charge in [0, 0.05) is 30.0 Å². The number of aromatic amines is 2. The van der Waals surface area contributed by atoms with Gasteiger partial charge in [0.2, 0.25) is 11.8 Å². The topological polar surface area (TPSA) is 175 Å². The van der Waals surface area contributed by atoms with E-state index in [0.717, 1.165) is 94.6 Å². The minimum absolute atomic E-state index is 0.0902. The molecule has 59 heavy (non-hydrogen) atoms. The number of aromatic nitrogens is 4. The van der Waals surface area contributed by atoms with Crippen molar-refractivity contribution in [1.29, 1.82) is 0 Å². The number of hydrazine groups is 1. The number of likely N-dealkylation sites (tertiary alicyclic amines) is 1. The van der Waals surface area contributed by atoms with Gasteiger partial charge in [0.15, 0.2) is 0 Å². The van der Waals surface area contributed by atoms with Gasteiger partial charge in [-0.2, -0.15) is 0 Å². The molecule has 3 aromatic carbocycles. The Hall–Kier alpha value is -6.18. The molecule has 2 fully saturated rings. The number of rotatable bonds is 10. The van der Waals surface area contributed by atoms with Crippen LogP contribution in [0.1, 0.15) is 89.8 Å². The summed E-state index contributed by atoms with van der Waals surface area (Å²) in [7, 11) is 2.58. The number of H-pyrrole nitrogens is 2. The van der Waals surface area contributed by atoms with E-state index in [1.165, 1.54) is 19.2 Å². The van der Waals surface area contributed by atoms with E-state index < -0.39 is 18.2 Å². The van der Waals surface area contributed by atoms with Crippen molar-refractivity contribution in [2.75, 3.05) is 20.8 Å². The van der Waals surface area contributed by atoms with E-state index in [4.69, 9.17) is 19.4 Å². The largest absolute Gasteiger partial charge is 0.453 e. The molecule has 0 radical (unpaired) electrons. The Bertz CT molecular complexity index is 2300. The van der Waals surface area contributed by atoms with E-state index in [9.17, 15) is 19.2 Å². The molecule has 0 spiro atoms. The molecule has 4 atom stereocenters. The number of alkyl carbamates (subject to hydrolysis) is 1. The number of carbonyl (C=O) groups is 4. The first-order chi connectivity index (χ1) is 28.4. The highest BCUT2D eigenvalue weighted by molar-refractivity contribution is 5.91. The quantitative estimate of drug-likeness (QED) is 0.102. The van der Waals surface area contributed by atoms with Gasteiger partial charge in [-0.15, -0.1) is 0 Å². The molecule has 4 amide bonds. The Morgan fingerprint density at radius 3 is 2.00 bits per heavy atom. The number of fused-ring (bicyclic) bond motifs is 1. The molecule has 0 unspecified atom stereocenters. The van der Waals surface area contributed by atoms with Gasteiger partial charge in [-0.05, 0) is 85.0 Å². The van der Waals surface area contributed by atoms with E-state index in [1.807, 2.05) is 45.0 Å². The second-order valence-electron chi connectivity index (χ2n) is 16.2. The van der Waals surface area contributed by atoms with Crippen LogP contribution in [0.3, 0.4) is 0 Å². The first kappa shape index (κ1) is 41.0. The van der Waals surface area contributed by atoms with Gasteiger partial charge < -0.3 is 29.7 Å². The highest BCUT2D eigenvalue weighted by Crippen LogP contribution is 2.39. The third-order valence-electron chi connectivity index (χ3n) is 11.7. The minimum atomic E-state index is -0.688. The Kier molecular flexibility index (Phi) is 12.3. The summed E-state index contributed by atoms with van der Waals surface area (Å²) in [6.07, 6.45) is 7.49. The lowest BCUT2D eigenvalue weighted by molar-refractivity contribution is -0.142. The molecule has 5 aromatic rings. The first-order valence-corrected chi connectivity index (χ1v) is 20.5. The Morgan fingerprint density at radius 2 is 1.32 bits per heavy atom. The number of nitrogens with zero attached hydrogens (tertiary/aromatic N) is 4. The average molecular weight is 803 g/mol. The number of ether oxygens (including phenoxy) is 2. The van der Waals surface area contributed by atoms with Gasteiger partial charge in [0.1, 0.15) is 17.7 Å². The fraction of sp³-hybridized carbons (Fsp3) is 0.422. The molecule has 310 valence electrons. The fourth-order valence-electron chi connectivity index (χ4n) is 8.47. The average Bonchev–Trinajstić information content (AvgIpc) is 4.06. The molecule has 3 heterocycles. The first-order valence-electron chi connectivity index (χ1n) is 20.5. The van der Waals surface area contributed by atoms with Crippen LogP contribution in [0.5, 0.6) is 0 Å². The molecule has 1 aliphatic heterocycles. The maximum absolute atomic E-state index is 13.7. The van der Waals surface area contributed by atoms with E-state index >= 15 is 0 Å². The van der Waals surface area contributed by atoms with Crippen molar-refractivity contribution < 1.29 is 28.7 Å². The number of hydrogen-bond donors (Lipinski definition) is 4. The smallest absolute Gasteiger partial charge is 0.425 e. The van der Waals surface area contributed by atoms with Crippen molar-refractivity contribution in [2.45, 2.75) is 90.3 Å². The minimum Gasteiger partial charge on any atom is -0.453 e. The predicted molar refractivity (Wildman–Crippen MR) is 225 cm³/mol. The van der Waals surface area contributed by atoms with Crippen LogP contribution in [0.25, 0.3) is 44.4 Å². The molecule has 1 saturated heterocycles. The van der Waals surface area contributed by atoms with Crippen LogP contribution in [0.4, 0.5) is 9.59 Å². The number of amides is 4. The number of nitrogens with one attached hydrogen (secondary N) is 4. The van der Waals surface area contributed by atoms with Crippen LogP contribution in [-0.2, 0) is 19.1 Å². The summed E-state index contributed by atoms with van der Waals surface area (Å²) in [5.74, 6) is 0.736. The van der Waals surface area contributed by atoms with Crippen LogP contribution in [-0.4, -0.2) is 86.7 Å². The summed E-state index contributed by atoms with van der Waals surface area (Å²) >= 11 is 0. The Labute approximate surface area is 344 Å². The lowest BCUT2D eigenvalue weighted by Crippen LogP contribution is -2.53. The summed E-state index contributed by atoms with van der Waals surface area (Å²) < 4.78 is 9.53. The molecule has 7 rings (SSSR count). The molecular weight excluding hydrogens is 749 g/mol. The monoisotopic (exact) mass is 802 g/mol. The molecule has 2 aromatic heterocycles. The van der Waals surface area contributed by atoms with E-state index in [1.54, 1.807) is 0 Å². The van der Waals surface area contributed by atoms with Gasteiger partial charge in [-0.3, -0.25) is 9.59 Å². The lowest BCUT2D eigenvalue weighted by atomic mass is 9.78. The van der Waals surface area contributed by atoms with Gasteiger partial charge in [0.05, 0.1) is 44.0 Å². The van der Waals surface area contributed by atoms with Crippen LogP contribution in [0.15, 0.2) is 73.1 Å². The molecule has 14 nitrogen and oxygen atoms in total. The summed E-state index contributed by atoms with van der Waals surface area (Å²) in [4.78, 5) is 69.6. The van der Waals surface area contributed by atoms with Crippen LogP contribution < -0.4 is 10.7 Å². The van der Waals surface area contributed by atoms with Crippen LogP contribution >= 0.6 is 0 Å². The van der Waals surface area contributed by atoms with E-state index in [0.29, 0.717) is 6.54 Å². The molecule has 4 N–H and O–H groups in total. The zero-order chi connectivity index (χ0) is 41.8. The molecule has 14 heteroatoms. The van der Waals surface area contributed by atoms with Gasteiger partial charge in [0.25, 0.3) is 0 Å². The lowest BCUT2D eigenvalue weighted by Gasteiger charge is -2.35. The van der Waals surface area contributed by atoms with E-state index in [2.05, 4.69) is 81.4 Å². The van der Waals surface area contributed by atoms with Gasteiger partial charge in [-0.1, -0.05) is 75.2 Å². The number of methoxy groups -OCH3 is 2. The summed E-state index contributed by atoms with van der Waals surface area (Å²) in [5, 5.41) is 6.28. The van der Waals surface area contributed by atoms with E-state index in [-0.39, 0.29) is 41.7 Å². The van der Waals surface area contributed by atoms with Crippen molar-refractivity contribution in [3.63, 3.8) is 0 Å². The number of hydrogen-bond acceptors (Lipinski definition) is 8. The standard InChI is InChI=1S/C45H54N8O6/c1-26(2)39(50-44(56)58-5)43(55)52-21-9-12-38(52)41-47-25-37(49-41)33-20-19-31-22-30(17-18-32(31)23-33)28-13-15-29(16-14-28)36-24-46-40(48-36)34-10-7-8-11-35(34)42(54)53(27(3)4)51-45(57)59-6/h13-20,22-27,34-35,38-39H,7-12,21H2,1-6H3,(H,46,48)(H,47,49)(H,50,56)(H,51,57)/t34-,35+,38-,39-/m0/s1. The number of carbonyl (C=O) groups excluding carboxylic acids is 4. The van der Waals surface area contributed by atoms with Crippen LogP contribution in [0, 0.1) is 11.8 Å². The Morgan fingerprint density at radius 1 is 0.729 bits per heavy atom. The van der Waals surface area contributed by atoms with Crippen molar-refractivity contribution in [1.82, 2.24) is 40.6 Å². The second kappa shape index (κ2) is 17.8. The highest BCUT2D eigenvalue weighted by Gasteiger charge is 2.39. The Balaban J connectivity index is 1.03. The van der Waals surface area contributed by atoms with Crippen LogP contribution in [0.2, 0.25) is 0 Å². The zero-order valence-corrected chi connectivity index (χ0v) is 34.6. The van der Waals surface area contributed by atoms with Crippen molar-refractivity contribution >= 4 is 34.8 Å². The molecule has 1 aliphatic carbocycles. The maximum Gasteiger partial charge on any atom is 0.425 e. The van der Waals surface area contributed by atoms with Gasteiger partial charge >= 0.3 is 12.2 Å². The molecule has 1 saturated carbocycles. The zero-order valence-electron chi connectivity index (χ0n) is 34.6. The molecular formula is C45H54N8O6. The normalized spacial score (nSPS) is 18.5. The SMILES string of the molecule is COC(=O)N[C@H](C(=O)N1CCC[C@H]1c1ncc(-c2ccc3cc(-c4ccc(-c5cnc([C@H]6CCCC[C@H]6C(=O)N(NC(=O)OC)C(C)C)[nH]5)cc4)ccc3c2)[nH]1)C(C)C. The summed E-state index contributed by atoms with van der Waals surface area (Å²) in [6, 6.07) is 20.0. The van der Waals surface area contributed by atoms with Crippen molar-refractivity contribution in [3.8, 4) is 33.6 Å². The number of imidazole rings is 2. The predicted octanol–water partition coefficient (Wildman–Crippen LogP) is 8.11. The second-order valence-corrected chi connectivity index (χ2v) is 16.2. The third kappa shape index (κ3) is 8.81. The maximum atomic E-state index is 13.7. The summed E-state index contributed by atoms with van der Waals surface area (Å²) in [6.45, 7) is 8.13. The summed E-state index contributed by atoms with van der Waals surface area (Å²) in [5.41, 5.74) is 8.51. The molecule has 0 bridgehead atoms. The highest BCUT2D eigenvalue weighted by atomic mass is 16.5. The third-order valence-corrected chi connectivity index (χ3v) is 11.7. The van der Waals surface area contributed by atoms with Gasteiger partial charge in [-0.25, -0.2) is 30.0 Å². The van der Waals surface area contributed by atoms with Crippen molar-refractivity contribution in [3.05, 3.63) is 84.7 Å². The molecule has 2 aliphatic rings. The van der Waals surface area contributed by atoms with Crippen molar-refractivity contribution in [2.24, 2.45) is 11.8 Å².